The van der Waals surface area contributed by atoms with Crippen LogP contribution in [0.5, 0.6) is 0 Å². The minimum atomic E-state index is -3.47. The molecule has 1 fully saturated rings. The number of rotatable bonds is 3. The second kappa shape index (κ2) is 4.99. The molecule has 0 radical (unpaired) electrons. The Hall–Kier alpha value is -0.920. The lowest BCUT2D eigenvalue weighted by Gasteiger charge is -2.30. The number of aromatic nitrogens is 2. The molecule has 0 aliphatic carbocycles. The van der Waals surface area contributed by atoms with E-state index in [2.05, 4.69) is 10.3 Å². The molecule has 1 aromatic heterocycles. The van der Waals surface area contributed by atoms with Gasteiger partial charge in [-0.15, -0.1) is 0 Å². The van der Waals surface area contributed by atoms with E-state index in [0.717, 1.165) is 25.9 Å². The maximum Gasteiger partial charge on any atom is 0.262 e. The molecule has 0 aromatic carbocycles. The van der Waals surface area contributed by atoms with Crippen LogP contribution in [0, 0.1) is 6.92 Å². The van der Waals surface area contributed by atoms with Crippen molar-refractivity contribution in [2.45, 2.75) is 30.8 Å². The molecule has 6 nitrogen and oxygen atoms in total. The van der Waals surface area contributed by atoms with E-state index in [1.54, 1.807) is 31.8 Å². The van der Waals surface area contributed by atoms with Crippen molar-refractivity contribution in [3.05, 3.63) is 12.0 Å². The van der Waals surface area contributed by atoms with E-state index in [0.29, 0.717) is 5.82 Å². The van der Waals surface area contributed by atoms with Crippen molar-refractivity contribution in [1.29, 1.82) is 0 Å². The summed E-state index contributed by atoms with van der Waals surface area (Å²) in [5.74, 6) is 0.701. The molecular formula is C11H20N4O2S. The fourth-order valence-electron chi connectivity index (χ4n) is 2.16. The van der Waals surface area contributed by atoms with Crippen LogP contribution >= 0.6 is 0 Å². The van der Waals surface area contributed by atoms with E-state index in [1.807, 2.05) is 0 Å². The van der Waals surface area contributed by atoms with E-state index in [4.69, 9.17) is 0 Å². The summed E-state index contributed by atoms with van der Waals surface area (Å²) in [5.41, 5.74) is 0. The van der Waals surface area contributed by atoms with Crippen molar-refractivity contribution in [2.75, 3.05) is 20.1 Å². The van der Waals surface area contributed by atoms with Crippen LogP contribution in [0.1, 0.15) is 18.7 Å². The number of hydrogen-bond acceptors (Lipinski definition) is 4. The Kier molecular flexibility index (Phi) is 3.74. The molecule has 0 spiro atoms. The van der Waals surface area contributed by atoms with E-state index in [9.17, 15) is 8.42 Å². The first-order chi connectivity index (χ1) is 8.43. The topological polar surface area (TPSA) is 67.2 Å². The Morgan fingerprint density at radius 2 is 2.06 bits per heavy atom. The minimum absolute atomic E-state index is 0.0681. The molecule has 18 heavy (non-hydrogen) atoms. The van der Waals surface area contributed by atoms with Crippen LogP contribution in [-0.4, -0.2) is 48.5 Å². The second-order valence-corrected chi connectivity index (χ2v) is 6.68. The molecular weight excluding hydrogens is 252 g/mol. The van der Waals surface area contributed by atoms with Gasteiger partial charge >= 0.3 is 0 Å². The van der Waals surface area contributed by atoms with Gasteiger partial charge in [-0.25, -0.2) is 13.4 Å². The smallest absolute Gasteiger partial charge is 0.262 e. The molecule has 0 saturated carbocycles. The van der Waals surface area contributed by atoms with Gasteiger partial charge in [-0.2, -0.15) is 4.31 Å². The van der Waals surface area contributed by atoms with Crippen LogP contribution in [0.25, 0.3) is 0 Å². The van der Waals surface area contributed by atoms with Gasteiger partial charge in [-0.05, 0) is 32.9 Å². The Bertz CT molecular complexity index is 498. The standard InChI is InChI=1S/C11H20N4O2S/c1-9-13-11(8-14(9)2)18(16,17)15(3)10-4-6-12-7-5-10/h8,10,12H,4-7H2,1-3H3. The summed E-state index contributed by atoms with van der Waals surface area (Å²) in [7, 11) is -0.0210. The highest BCUT2D eigenvalue weighted by molar-refractivity contribution is 7.89. The lowest BCUT2D eigenvalue weighted by molar-refractivity contribution is 0.296. The van der Waals surface area contributed by atoms with Gasteiger partial charge in [-0.3, -0.25) is 0 Å². The third kappa shape index (κ3) is 2.43. The summed E-state index contributed by atoms with van der Waals surface area (Å²) in [6.07, 6.45) is 3.27. The number of imidazole rings is 1. The molecule has 0 unspecified atom stereocenters. The van der Waals surface area contributed by atoms with Crippen molar-refractivity contribution in [3.63, 3.8) is 0 Å². The predicted octanol–water partition coefficient (Wildman–Crippen LogP) is 0.101. The molecule has 1 N–H and O–H groups in total. The summed E-state index contributed by atoms with van der Waals surface area (Å²) < 4.78 is 28.0. The highest BCUT2D eigenvalue weighted by atomic mass is 32.2. The monoisotopic (exact) mass is 272 g/mol. The first kappa shape index (κ1) is 13.5. The molecule has 7 heteroatoms. The first-order valence-electron chi connectivity index (χ1n) is 6.11. The van der Waals surface area contributed by atoms with Crippen molar-refractivity contribution in [3.8, 4) is 0 Å². The summed E-state index contributed by atoms with van der Waals surface area (Å²) >= 11 is 0. The number of aryl methyl sites for hydroxylation is 2. The van der Waals surface area contributed by atoms with Crippen molar-refractivity contribution in [2.24, 2.45) is 7.05 Å². The quantitative estimate of drug-likeness (QED) is 0.847. The molecule has 0 amide bonds. The van der Waals surface area contributed by atoms with Crippen LogP contribution in [-0.2, 0) is 17.1 Å². The highest BCUT2D eigenvalue weighted by Gasteiger charge is 2.30. The van der Waals surface area contributed by atoms with Gasteiger partial charge in [0.15, 0.2) is 5.03 Å². The van der Waals surface area contributed by atoms with Gasteiger partial charge < -0.3 is 9.88 Å². The molecule has 2 heterocycles. The third-order valence-corrected chi connectivity index (χ3v) is 5.33. The SMILES string of the molecule is Cc1nc(S(=O)(=O)N(C)C2CCNCC2)cn1C. The maximum absolute atomic E-state index is 12.4. The van der Waals surface area contributed by atoms with Gasteiger partial charge in [0.1, 0.15) is 5.82 Å². The molecule has 0 bridgehead atoms. The number of nitrogens with one attached hydrogen (secondary N) is 1. The minimum Gasteiger partial charge on any atom is -0.337 e. The van der Waals surface area contributed by atoms with E-state index in [-0.39, 0.29) is 11.1 Å². The zero-order chi connectivity index (χ0) is 13.3. The second-order valence-electron chi connectivity index (χ2n) is 4.74. The van der Waals surface area contributed by atoms with Gasteiger partial charge in [0.05, 0.1) is 0 Å². The van der Waals surface area contributed by atoms with Crippen LogP contribution in [0.4, 0.5) is 0 Å². The fourth-order valence-corrected chi connectivity index (χ4v) is 3.60. The van der Waals surface area contributed by atoms with Crippen molar-refractivity contribution < 1.29 is 8.42 Å². The highest BCUT2D eigenvalue weighted by Crippen LogP contribution is 2.19. The zero-order valence-electron chi connectivity index (χ0n) is 11.0. The molecule has 1 aliphatic heterocycles. The van der Waals surface area contributed by atoms with Crippen molar-refractivity contribution in [1.82, 2.24) is 19.2 Å². The molecule has 2 rings (SSSR count). The zero-order valence-corrected chi connectivity index (χ0v) is 11.9. The van der Waals surface area contributed by atoms with Gasteiger partial charge in [0.2, 0.25) is 0 Å². The van der Waals surface area contributed by atoms with E-state index in [1.165, 1.54) is 4.31 Å². The molecule has 1 saturated heterocycles. The van der Waals surface area contributed by atoms with Gasteiger partial charge in [0, 0.05) is 26.3 Å². The summed E-state index contributed by atoms with van der Waals surface area (Å²) in [5, 5.41) is 3.37. The number of piperidine rings is 1. The number of sulfonamides is 1. The van der Waals surface area contributed by atoms with Gasteiger partial charge in [-0.1, -0.05) is 0 Å². The predicted molar refractivity (Wildman–Crippen MR) is 68.8 cm³/mol. The average molecular weight is 272 g/mol. The van der Waals surface area contributed by atoms with E-state index >= 15 is 0 Å². The Morgan fingerprint density at radius 1 is 1.44 bits per heavy atom. The molecule has 1 aromatic rings. The fraction of sp³-hybridized carbons (Fsp3) is 0.727. The summed E-state index contributed by atoms with van der Waals surface area (Å²) in [6, 6.07) is 0.0681. The molecule has 102 valence electrons. The molecule has 0 atom stereocenters. The van der Waals surface area contributed by atoms with Crippen molar-refractivity contribution >= 4 is 10.0 Å². The van der Waals surface area contributed by atoms with Crippen LogP contribution in [0.2, 0.25) is 0 Å². The largest absolute Gasteiger partial charge is 0.337 e. The van der Waals surface area contributed by atoms with Gasteiger partial charge in [0.25, 0.3) is 10.0 Å². The van der Waals surface area contributed by atoms with Crippen LogP contribution in [0.15, 0.2) is 11.2 Å². The molecule has 1 aliphatic rings. The number of nitrogens with zero attached hydrogens (tertiary/aromatic N) is 3. The maximum atomic E-state index is 12.4. The summed E-state index contributed by atoms with van der Waals surface area (Å²) in [6.45, 7) is 3.53. The van der Waals surface area contributed by atoms with Crippen LogP contribution < -0.4 is 5.32 Å². The normalized spacial score (nSPS) is 18.4. The third-order valence-electron chi connectivity index (χ3n) is 3.55. The lowest BCUT2D eigenvalue weighted by atomic mass is 10.1. The Balaban J connectivity index is 2.24. The lowest BCUT2D eigenvalue weighted by Crippen LogP contribution is -2.43. The Labute approximate surface area is 108 Å². The summed E-state index contributed by atoms with van der Waals surface area (Å²) in [4.78, 5) is 4.12. The van der Waals surface area contributed by atoms with E-state index < -0.39 is 10.0 Å². The average Bonchev–Trinajstić information content (AvgIpc) is 2.70. The Morgan fingerprint density at radius 3 is 2.56 bits per heavy atom. The first-order valence-corrected chi connectivity index (χ1v) is 7.55. The van der Waals surface area contributed by atoms with Crippen LogP contribution in [0.3, 0.4) is 0 Å². The number of hydrogen-bond donors (Lipinski definition) is 1.